The fourth-order valence-corrected chi connectivity index (χ4v) is 3.23. The third-order valence-electron chi connectivity index (χ3n) is 4.76. The second-order valence-electron chi connectivity index (χ2n) is 5.85. The molecule has 2 fully saturated rings. The zero-order valence-electron chi connectivity index (χ0n) is 11.2. The van der Waals surface area contributed by atoms with E-state index in [2.05, 4.69) is 12.2 Å². The minimum atomic E-state index is 0.206. The number of hydrogen-bond donors (Lipinski definition) is 2. The van der Waals surface area contributed by atoms with Crippen molar-refractivity contribution in [2.24, 2.45) is 11.7 Å². The van der Waals surface area contributed by atoms with Gasteiger partial charge in [0.1, 0.15) is 0 Å². The van der Waals surface area contributed by atoms with Gasteiger partial charge in [-0.2, -0.15) is 0 Å². The number of ether oxygens (including phenoxy) is 1. The molecule has 1 saturated heterocycles. The van der Waals surface area contributed by atoms with Crippen molar-refractivity contribution in [2.75, 3.05) is 19.7 Å². The summed E-state index contributed by atoms with van der Waals surface area (Å²) in [5.74, 6) is 0.930. The van der Waals surface area contributed by atoms with Crippen molar-refractivity contribution >= 4 is 0 Å². The quantitative estimate of drug-likeness (QED) is 0.773. The van der Waals surface area contributed by atoms with E-state index in [-0.39, 0.29) is 5.54 Å². The molecule has 1 saturated carbocycles. The predicted octanol–water partition coefficient (Wildman–Crippen LogP) is 2.05. The van der Waals surface area contributed by atoms with Gasteiger partial charge in [0.15, 0.2) is 0 Å². The molecule has 0 aromatic heterocycles. The van der Waals surface area contributed by atoms with Gasteiger partial charge in [0.05, 0.1) is 6.10 Å². The van der Waals surface area contributed by atoms with E-state index in [1.807, 2.05) is 0 Å². The van der Waals surface area contributed by atoms with Gasteiger partial charge in [0.25, 0.3) is 0 Å². The highest BCUT2D eigenvalue weighted by molar-refractivity contribution is 4.94. The molecule has 0 bridgehead atoms. The standard InChI is InChI=1S/C14H28N2O/c1-2-12-5-7-14(11-15,8-6-12)16-10-13-4-3-9-17-13/h12-13,16H,2-11,15H2,1H3. The summed E-state index contributed by atoms with van der Waals surface area (Å²) >= 11 is 0. The van der Waals surface area contributed by atoms with Gasteiger partial charge in [-0.15, -0.1) is 0 Å². The fourth-order valence-electron chi connectivity index (χ4n) is 3.23. The first kappa shape index (κ1) is 13.3. The van der Waals surface area contributed by atoms with Gasteiger partial charge in [-0.25, -0.2) is 0 Å². The molecule has 3 heteroatoms. The maximum absolute atomic E-state index is 6.01. The monoisotopic (exact) mass is 240 g/mol. The molecule has 0 radical (unpaired) electrons. The molecule has 0 aromatic carbocycles. The molecular formula is C14H28N2O. The van der Waals surface area contributed by atoms with Crippen LogP contribution in [0.4, 0.5) is 0 Å². The smallest absolute Gasteiger partial charge is 0.0700 e. The van der Waals surface area contributed by atoms with E-state index in [9.17, 15) is 0 Å². The molecule has 0 spiro atoms. The van der Waals surface area contributed by atoms with Crippen LogP contribution >= 0.6 is 0 Å². The zero-order chi connectivity index (χ0) is 12.1. The SMILES string of the molecule is CCC1CCC(CN)(NCC2CCCO2)CC1. The van der Waals surface area contributed by atoms with Gasteiger partial charge in [-0.3, -0.25) is 0 Å². The molecule has 3 N–H and O–H groups in total. The first-order chi connectivity index (χ1) is 8.28. The van der Waals surface area contributed by atoms with Gasteiger partial charge in [0, 0.05) is 25.2 Å². The minimum absolute atomic E-state index is 0.206. The summed E-state index contributed by atoms with van der Waals surface area (Å²) in [5, 5.41) is 3.72. The maximum atomic E-state index is 6.01. The average Bonchev–Trinajstić information content (AvgIpc) is 2.90. The Labute approximate surface area is 105 Å². The van der Waals surface area contributed by atoms with Crippen LogP contribution in [-0.4, -0.2) is 31.3 Å². The summed E-state index contributed by atoms with van der Waals surface area (Å²) in [4.78, 5) is 0. The summed E-state index contributed by atoms with van der Waals surface area (Å²) in [5.41, 5.74) is 6.21. The normalized spacial score (nSPS) is 38.5. The van der Waals surface area contributed by atoms with Crippen molar-refractivity contribution in [2.45, 2.75) is 63.5 Å². The number of nitrogens with two attached hydrogens (primary N) is 1. The highest BCUT2D eigenvalue weighted by atomic mass is 16.5. The van der Waals surface area contributed by atoms with Crippen LogP contribution in [0.15, 0.2) is 0 Å². The lowest BCUT2D eigenvalue weighted by Crippen LogP contribution is -2.55. The van der Waals surface area contributed by atoms with Crippen LogP contribution in [0.25, 0.3) is 0 Å². The van der Waals surface area contributed by atoms with Crippen LogP contribution in [0.1, 0.15) is 51.9 Å². The molecule has 1 unspecified atom stereocenters. The van der Waals surface area contributed by atoms with Gasteiger partial charge >= 0.3 is 0 Å². The molecule has 17 heavy (non-hydrogen) atoms. The highest BCUT2D eigenvalue weighted by Gasteiger charge is 2.34. The number of rotatable bonds is 5. The molecule has 3 nitrogen and oxygen atoms in total. The van der Waals surface area contributed by atoms with Crippen LogP contribution in [-0.2, 0) is 4.74 Å². The molecule has 1 aliphatic heterocycles. The van der Waals surface area contributed by atoms with Crippen LogP contribution in [0.3, 0.4) is 0 Å². The Bertz CT molecular complexity index is 218. The molecule has 1 aliphatic carbocycles. The van der Waals surface area contributed by atoms with Crippen molar-refractivity contribution in [1.82, 2.24) is 5.32 Å². The largest absolute Gasteiger partial charge is 0.377 e. The van der Waals surface area contributed by atoms with Crippen LogP contribution in [0.2, 0.25) is 0 Å². The van der Waals surface area contributed by atoms with E-state index in [1.54, 1.807) is 0 Å². The first-order valence-electron chi connectivity index (χ1n) is 7.35. The van der Waals surface area contributed by atoms with E-state index < -0.39 is 0 Å². The zero-order valence-corrected chi connectivity index (χ0v) is 11.2. The molecule has 100 valence electrons. The Kier molecular flexibility index (Phi) is 4.83. The van der Waals surface area contributed by atoms with E-state index in [1.165, 1.54) is 44.9 Å². The topological polar surface area (TPSA) is 47.3 Å². The average molecular weight is 240 g/mol. The van der Waals surface area contributed by atoms with Crippen molar-refractivity contribution in [3.8, 4) is 0 Å². The number of nitrogens with one attached hydrogen (secondary N) is 1. The molecule has 1 atom stereocenters. The highest BCUT2D eigenvalue weighted by Crippen LogP contribution is 2.33. The second-order valence-corrected chi connectivity index (χ2v) is 5.85. The Balaban J connectivity index is 1.78. The first-order valence-corrected chi connectivity index (χ1v) is 7.35. The summed E-state index contributed by atoms with van der Waals surface area (Å²) in [6.07, 6.45) is 9.36. The lowest BCUT2D eigenvalue weighted by molar-refractivity contribution is 0.0918. The molecule has 2 rings (SSSR count). The lowest BCUT2D eigenvalue weighted by Gasteiger charge is -2.40. The molecule has 2 aliphatic rings. The Morgan fingerprint density at radius 2 is 2.06 bits per heavy atom. The Morgan fingerprint density at radius 1 is 1.29 bits per heavy atom. The minimum Gasteiger partial charge on any atom is -0.377 e. The van der Waals surface area contributed by atoms with E-state index in [0.717, 1.165) is 25.6 Å². The van der Waals surface area contributed by atoms with E-state index in [0.29, 0.717) is 6.10 Å². The fraction of sp³-hybridized carbons (Fsp3) is 1.00. The second kappa shape index (κ2) is 6.17. The molecule has 0 amide bonds. The molecule has 1 heterocycles. The summed E-state index contributed by atoms with van der Waals surface area (Å²) in [7, 11) is 0. The van der Waals surface area contributed by atoms with Crippen molar-refractivity contribution < 1.29 is 4.74 Å². The van der Waals surface area contributed by atoms with Gasteiger partial charge in [0.2, 0.25) is 0 Å². The lowest BCUT2D eigenvalue weighted by atomic mass is 9.75. The van der Waals surface area contributed by atoms with Crippen LogP contribution in [0.5, 0.6) is 0 Å². The van der Waals surface area contributed by atoms with E-state index >= 15 is 0 Å². The maximum Gasteiger partial charge on any atom is 0.0700 e. The van der Waals surface area contributed by atoms with Crippen molar-refractivity contribution in [3.63, 3.8) is 0 Å². The molecular weight excluding hydrogens is 212 g/mol. The van der Waals surface area contributed by atoms with Crippen LogP contribution < -0.4 is 11.1 Å². The van der Waals surface area contributed by atoms with Gasteiger partial charge in [-0.05, 0) is 44.4 Å². The summed E-state index contributed by atoms with van der Waals surface area (Å²) in [6.45, 7) is 5.02. The molecule has 0 aromatic rings. The third kappa shape index (κ3) is 3.43. The summed E-state index contributed by atoms with van der Waals surface area (Å²) < 4.78 is 5.67. The number of hydrogen-bond acceptors (Lipinski definition) is 3. The third-order valence-corrected chi connectivity index (χ3v) is 4.76. The van der Waals surface area contributed by atoms with Gasteiger partial charge < -0.3 is 15.8 Å². The predicted molar refractivity (Wildman–Crippen MR) is 71.0 cm³/mol. The van der Waals surface area contributed by atoms with Crippen molar-refractivity contribution in [3.05, 3.63) is 0 Å². The van der Waals surface area contributed by atoms with Crippen molar-refractivity contribution in [1.29, 1.82) is 0 Å². The Morgan fingerprint density at radius 3 is 2.59 bits per heavy atom. The Hall–Kier alpha value is -0.120. The van der Waals surface area contributed by atoms with E-state index in [4.69, 9.17) is 10.5 Å². The van der Waals surface area contributed by atoms with Gasteiger partial charge in [-0.1, -0.05) is 13.3 Å². The summed E-state index contributed by atoms with van der Waals surface area (Å²) in [6, 6.07) is 0. The van der Waals surface area contributed by atoms with Crippen LogP contribution in [0, 0.1) is 5.92 Å².